The minimum atomic E-state index is -0.433. The van der Waals surface area contributed by atoms with Crippen LogP contribution in [0, 0.1) is 5.92 Å². The first-order valence-electron chi connectivity index (χ1n) is 4.83. The van der Waals surface area contributed by atoms with Gasteiger partial charge in [0.05, 0.1) is 5.60 Å². The van der Waals surface area contributed by atoms with Crippen molar-refractivity contribution in [1.29, 1.82) is 0 Å². The number of rotatable bonds is 4. The van der Waals surface area contributed by atoms with Crippen molar-refractivity contribution in [3.05, 3.63) is 0 Å². The molecular formula is C9H16N2O2. The van der Waals surface area contributed by atoms with Gasteiger partial charge in [-0.25, -0.2) is 0 Å². The van der Waals surface area contributed by atoms with E-state index in [1.165, 1.54) is 12.8 Å². The highest BCUT2D eigenvalue weighted by Crippen LogP contribution is 2.44. The van der Waals surface area contributed by atoms with Crippen LogP contribution in [0.25, 0.3) is 0 Å². The number of aliphatic hydroxyl groups is 1. The standard InChI is InChI=1S/C9H16N2O2/c10-8(12)3-4-11-5-9(13,6-11)7-1-2-7/h7,13H,1-6H2,(H2,10,12). The van der Waals surface area contributed by atoms with E-state index in [-0.39, 0.29) is 5.91 Å². The van der Waals surface area contributed by atoms with Crippen molar-refractivity contribution in [3.63, 3.8) is 0 Å². The lowest BCUT2D eigenvalue weighted by atomic mass is 9.88. The maximum atomic E-state index is 10.5. The topological polar surface area (TPSA) is 66.6 Å². The number of hydrogen-bond acceptors (Lipinski definition) is 3. The summed E-state index contributed by atoms with van der Waals surface area (Å²) in [5.41, 5.74) is 4.60. The maximum Gasteiger partial charge on any atom is 0.218 e. The van der Waals surface area contributed by atoms with Gasteiger partial charge in [-0.15, -0.1) is 0 Å². The van der Waals surface area contributed by atoms with Gasteiger partial charge in [-0.3, -0.25) is 9.69 Å². The Balaban J connectivity index is 1.68. The van der Waals surface area contributed by atoms with Crippen LogP contribution in [0.15, 0.2) is 0 Å². The molecule has 4 nitrogen and oxygen atoms in total. The predicted octanol–water partition coefficient (Wildman–Crippen LogP) is -0.681. The summed E-state index contributed by atoms with van der Waals surface area (Å²) in [6.45, 7) is 2.15. The van der Waals surface area contributed by atoms with Gasteiger partial charge in [0.1, 0.15) is 0 Å². The number of hydrogen-bond donors (Lipinski definition) is 2. The van der Waals surface area contributed by atoms with Gasteiger partial charge in [-0.1, -0.05) is 0 Å². The summed E-state index contributed by atoms with van der Waals surface area (Å²) in [6, 6.07) is 0. The highest BCUT2D eigenvalue weighted by molar-refractivity contribution is 5.73. The first-order chi connectivity index (χ1) is 6.10. The lowest BCUT2D eigenvalue weighted by Gasteiger charge is -2.47. The molecule has 1 saturated heterocycles. The molecule has 2 fully saturated rings. The van der Waals surface area contributed by atoms with Crippen LogP contribution < -0.4 is 5.73 Å². The van der Waals surface area contributed by atoms with Crippen molar-refractivity contribution < 1.29 is 9.90 Å². The van der Waals surface area contributed by atoms with Crippen LogP contribution in [0.2, 0.25) is 0 Å². The van der Waals surface area contributed by atoms with Crippen LogP contribution in [-0.4, -0.2) is 41.1 Å². The molecule has 2 aliphatic rings. The molecule has 0 aromatic carbocycles. The molecule has 0 unspecified atom stereocenters. The second-order valence-corrected chi connectivity index (χ2v) is 4.30. The summed E-state index contributed by atoms with van der Waals surface area (Å²) in [4.78, 5) is 12.6. The molecule has 2 rings (SSSR count). The Kier molecular flexibility index (Phi) is 2.04. The molecule has 3 N–H and O–H groups in total. The van der Waals surface area contributed by atoms with E-state index in [0.29, 0.717) is 18.9 Å². The lowest BCUT2D eigenvalue weighted by molar-refractivity contribution is -0.125. The molecule has 4 heteroatoms. The van der Waals surface area contributed by atoms with Gasteiger partial charge in [-0.05, 0) is 18.8 Å². The Morgan fingerprint density at radius 3 is 2.62 bits per heavy atom. The quantitative estimate of drug-likeness (QED) is 0.608. The third-order valence-electron chi connectivity index (χ3n) is 3.01. The fraction of sp³-hybridized carbons (Fsp3) is 0.889. The van der Waals surface area contributed by atoms with Crippen molar-refractivity contribution in [3.8, 4) is 0 Å². The van der Waals surface area contributed by atoms with E-state index in [2.05, 4.69) is 4.90 Å². The monoisotopic (exact) mass is 184 g/mol. The van der Waals surface area contributed by atoms with E-state index in [9.17, 15) is 9.90 Å². The molecule has 1 saturated carbocycles. The number of carbonyl (C=O) groups is 1. The fourth-order valence-corrected chi connectivity index (χ4v) is 2.03. The molecule has 0 bridgehead atoms. The van der Waals surface area contributed by atoms with Gasteiger partial charge in [0.15, 0.2) is 0 Å². The van der Waals surface area contributed by atoms with E-state index < -0.39 is 5.60 Å². The zero-order valence-electron chi connectivity index (χ0n) is 7.70. The largest absolute Gasteiger partial charge is 0.387 e. The first kappa shape index (κ1) is 8.97. The third-order valence-corrected chi connectivity index (χ3v) is 3.01. The van der Waals surface area contributed by atoms with Crippen molar-refractivity contribution in [2.24, 2.45) is 11.7 Å². The summed E-state index contributed by atoms with van der Waals surface area (Å²) < 4.78 is 0. The summed E-state index contributed by atoms with van der Waals surface area (Å²) in [5.74, 6) is 0.263. The summed E-state index contributed by atoms with van der Waals surface area (Å²) in [6.07, 6.45) is 2.74. The minimum absolute atomic E-state index is 0.262. The molecule has 1 aliphatic heterocycles. The van der Waals surface area contributed by atoms with Crippen LogP contribution >= 0.6 is 0 Å². The van der Waals surface area contributed by atoms with E-state index in [1.54, 1.807) is 0 Å². The second-order valence-electron chi connectivity index (χ2n) is 4.30. The number of carbonyl (C=O) groups excluding carboxylic acids is 1. The third kappa shape index (κ3) is 1.84. The average Bonchev–Trinajstić information content (AvgIpc) is 2.77. The molecule has 0 aromatic heterocycles. The summed E-state index contributed by atoms with van der Waals surface area (Å²) in [7, 11) is 0. The van der Waals surface area contributed by atoms with Crippen molar-refractivity contribution >= 4 is 5.91 Å². The van der Waals surface area contributed by atoms with Crippen molar-refractivity contribution in [2.75, 3.05) is 19.6 Å². The molecule has 74 valence electrons. The molecule has 1 aliphatic carbocycles. The number of nitrogens with zero attached hydrogens (tertiary/aromatic N) is 1. The normalized spacial score (nSPS) is 26.8. The number of likely N-dealkylation sites (tertiary alicyclic amines) is 1. The predicted molar refractivity (Wildman–Crippen MR) is 47.9 cm³/mol. The van der Waals surface area contributed by atoms with E-state index in [1.807, 2.05) is 0 Å². The van der Waals surface area contributed by atoms with Gasteiger partial charge in [-0.2, -0.15) is 0 Å². The average molecular weight is 184 g/mol. The maximum absolute atomic E-state index is 10.5. The molecule has 0 aromatic rings. The van der Waals surface area contributed by atoms with Crippen LogP contribution in [0.4, 0.5) is 0 Å². The zero-order valence-corrected chi connectivity index (χ0v) is 7.70. The number of β-amino-alcohol motifs (C(OH)–C–C–N with tert-alkyl or cyclic N) is 1. The molecule has 1 amide bonds. The smallest absolute Gasteiger partial charge is 0.218 e. The van der Waals surface area contributed by atoms with Crippen LogP contribution in [-0.2, 0) is 4.79 Å². The Morgan fingerprint density at radius 1 is 1.54 bits per heavy atom. The molecule has 1 heterocycles. The van der Waals surface area contributed by atoms with Crippen molar-refractivity contribution in [2.45, 2.75) is 24.9 Å². The minimum Gasteiger partial charge on any atom is -0.387 e. The molecule has 0 radical (unpaired) electrons. The molecule has 0 spiro atoms. The SMILES string of the molecule is NC(=O)CCN1CC(O)(C2CC2)C1. The van der Waals surface area contributed by atoms with Gasteiger partial charge >= 0.3 is 0 Å². The van der Waals surface area contributed by atoms with Crippen LogP contribution in [0.1, 0.15) is 19.3 Å². The van der Waals surface area contributed by atoms with Crippen molar-refractivity contribution in [1.82, 2.24) is 4.90 Å². The second kappa shape index (κ2) is 2.96. The van der Waals surface area contributed by atoms with Gasteiger partial charge in [0.25, 0.3) is 0 Å². The molecule has 13 heavy (non-hydrogen) atoms. The van der Waals surface area contributed by atoms with E-state index in [0.717, 1.165) is 13.1 Å². The Hall–Kier alpha value is -0.610. The number of primary amides is 1. The summed E-state index contributed by atoms with van der Waals surface area (Å²) in [5, 5.41) is 9.93. The molecular weight excluding hydrogens is 168 g/mol. The summed E-state index contributed by atoms with van der Waals surface area (Å²) >= 11 is 0. The Morgan fingerprint density at radius 2 is 2.15 bits per heavy atom. The van der Waals surface area contributed by atoms with Crippen LogP contribution in [0.3, 0.4) is 0 Å². The lowest BCUT2D eigenvalue weighted by Crippen LogP contribution is -2.63. The van der Waals surface area contributed by atoms with Gasteiger partial charge in [0.2, 0.25) is 5.91 Å². The van der Waals surface area contributed by atoms with E-state index in [4.69, 9.17) is 5.73 Å². The first-order valence-corrected chi connectivity index (χ1v) is 4.83. The fourth-order valence-electron chi connectivity index (χ4n) is 2.03. The Bertz CT molecular complexity index is 220. The van der Waals surface area contributed by atoms with Gasteiger partial charge < -0.3 is 10.8 Å². The molecule has 0 atom stereocenters. The highest BCUT2D eigenvalue weighted by Gasteiger charge is 2.51. The number of amides is 1. The van der Waals surface area contributed by atoms with E-state index >= 15 is 0 Å². The van der Waals surface area contributed by atoms with Crippen LogP contribution in [0.5, 0.6) is 0 Å². The highest BCUT2D eigenvalue weighted by atomic mass is 16.3. The zero-order chi connectivity index (χ0) is 9.47. The Labute approximate surface area is 77.7 Å². The number of nitrogens with two attached hydrogens (primary N) is 1. The van der Waals surface area contributed by atoms with Gasteiger partial charge in [0, 0.05) is 26.1 Å².